The maximum absolute atomic E-state index is 12.9. The Morgan fingerprint density at radius 1 is 1.09 bits per heavy atom. The predicted octanol–water partition coefficient (Wildman–Crippen LogP) is 3.02. The first-order valence-electron chi connectivity index (χ1n) is 12.3. The van der Waals surface area contributed by atoms with E-state index in [1.54, 1.807) is 24.5 Å². The molecule has 3 aromatic rings. The van der Waals surface area contributed by atoms with Gasteiger partial charge in [-0.2, -0.15) is 0 Å². The molecule has 0 saturated heterocycles. The molecule has 4 heterocycles. The van der Waals surface area contributed by atoms with Gasteiger partial charge in [0, 0.05) is 45.0 Å². The SMILES string of the molecule is CC(C)CC(NC(=O)c1cccnc1)c1nnc2n1CCN(Cc1ccc3c(c1)OCCO3)CC2. The van der Waals surface area contributed by atoms with Gasteiger partial charge in [-0.05, 0) is 42.2 Å². The predicted molar refractivity (Wildman–Crippen MR) is 130 cm³/mol. The molecule has 2 aliphatic rings. The lowest BCUT2D eigenvalue weighted by molar-refractivity contribution is 0.0928. The number of pyridine rings is 1. The summed E-state index contributed by atoms with van der Waals surface area (Å²) in [6.07, 6.45) is 4.84. The van der Waals surface area contributed by atoms with Crippen molar-refractivity contribution in [2.45, 2.75) is 45.8 Å². The lowest BCUT2D eigenvalue weighted by Gasteiger charge is -2.23. The zero-order valence-electron chi connectivity index (χ0n) is 20.3. The third-order valence-electron chi connectivity index (χ3n) is 6.41. The van der Waals surface area contributed by atoms with Gasteiger partial charge >= 0.3 is 0 Å². The Labute approximate surface area is 205 Å². The quantitative estimate of drug-likeness (QED) is 0.560. The third-order valence-corrected chi connectivity index (χ3v) is 6.41. The van der Waals surface area contributed by atoms with Gasteiger partial charge < -0.3 is 19.4 Å². The normalized spacial score (nSPS) is 16.4. The molecule has 0 spiro atoms. The summed E-state index contributed by atoms with van der Waals surface area (Å²) in [6, 6.07) is 9.51. The summed E-state index contributed by atoms with van der Waals surface area (Å²) in [5.74, 6) is 3.68. The average molecular weight is 477 g/mol. The zero-order chi connectivity index (χ0) is 24.2. The van der Waals surface area contributed by atoms with Crippen LogP contribution in [0.4, 0.5) is 0 Å². The molecule has 9 nitrogen and oxygen atoms in total. The van der Waals surface area contributed by atoms with Crippen LogP contribution in [0.25, 0.3) is 0 Å². The number of hydrogen-bond donors (Lipinski definition) is 1. The Morgan fingerprint density at radius 3 is 2.74 bits per heavy atom. The average Bonchev–Trinajstić information content (AvgIpc) is 3.17. The van der Waals surface area contributed by atoms with Gasteiger partial charge in [0.1, 0.15) is 19.0 Å². The fourth-order valence-electron chi connectivity index (χ4n) is 4.69. The number of amides is 1. The molecule has 5 rings (SSSR count). The zero-order valence-corrected chi connectivity index (χ0v) is 20.3. The van der Waals surface area contributed by atoms with Crippen LogP contribution in [-0.2, 0) is 19.5 Å². The van der Waals surface area contributed by atoms with Crippen molar-refractivity contribution in [2.75, 3.05) is 26.3 Å². The highest BCUT2D eigenvalue weighted by molar-refractivity contribution is 5.94. The van der Waals surface area contributed by atoms with Gasteiger partial charge in [-0.1, -0.05) is 19.9 Å². The minimum Gasteiger partial charge on any atom is -0.486 e. The van der Waals surface area contributed by atoms with Crippen LogP contribution in [-0.4, -0.2) is 56.9 Å². The summed E-state index contributed by atoms with van der Waals surface area (Å²) < 4.78 is 13.6. The molecule has 0 saturated carbocycles. The van der Waals surface area contributed by atoms with Gasteiger partial charge in [0.2, 0.25) is 0 Å². The number of carbonyl (C=O) groups excluding carboxylic acids is 1. The van der Waals surface area contributed by atoms with Crippen molar-refractivity contribution in [1.82, 2.24) is 30.0 Å². The van der Waals surface area contributed by atoms with E-state index in [-0.39, 0.29) is 11.9 Å². The van der Waals surface area contributed by atoms with Crippen molar-refractivity contribution < 1.29 is 14.3 Å². The lowest BCUT2D eigenvalue weighted by Crippen LogP contribution is -2.32. The van der Waals surface area contributed by atoms with Gasteiger partial charge in [0.05, 0.1) is 11.6 Å². The maximum Gasteiger partial charge on any atom is 0.253 e. The number of ether oxygens (including phenoxy) is 2. The van der Waals surface area contributed by atoms with Gasteiger partial charge in [0.15, 0.2) is 17.3 Å². The Morgan fingerprint density at radius 2 is 1.94 bits per heavy atom. The largest absolute Gasteiger partial charge is 0.486 e. The third kappa shape index (κ3) is 5.45. The van der Waals surface area contributed by atoms with Gasteiger partial charge in [-0.15, -0.1) is 10.2 Å². The van der Waals surface area contributed by atoms with E-state index in [0.29, 0.717) is 24.7 Å². The first-order valence-corrected chi connectivity index (χ1v) is 12.3. The highest BCUT2D eigenvalue weighted by Gasteiger charge is 2.26. The van der Waals surface area contributed by atoms with Crippen LogP contribution in [0.2, 0.25) is 0 Å². The number of fused-ring (bicyclic) bond motifs is 2. The number of benzene rings is 1. The van der Waals surface area contributed by atoms with Gasteiger partial charge in [0.25, 0.3) is 5.91 Å². The summed E-state index contributed by atoms with van der Waals surface area (Å²) in [5, 5.41) is 12.2. The topological polar surface area (TPSA) is 94.4 Å². The molecular weight excluding hydrogens is 444 g/mol. The molecule has 1 N–H and O–H groups in total. The Bertz CT molecular complexity index is 1160. The second-order valence-corrected chi connectivity index (χ2v) is 9.53. The van der Waals surface area contributed by atoms with Gasteiger partial charge in [-0.3, -0.25) is 14.7 Å². The van der Waals surface area contributed by atoms with Crippen molar-refractivity contribution in [3.8, 4) is 11.5 Å². The van der Waals surface area contributed by atoms with Crippen LogP contribution in [0.3, 0.4) is 0 Å². The molecule has 35 heavy (non-hydrogen) atoms. The van der Waals surface area contributed by atoms with E-state index >= 15 is 0 Å². The first kappa shape index (κ1) is 23.3. The van der Waals surface area contributed by atoms with Crippen LogP contribution < -0.4 is 14.8 Å². The highest BCUT2D eigenvalue weighted by atomic mass is 16.6. The monoisotopic (exact) mass is 476 g/mol. The van der Waals surface area contributed by atoms with Crippen molar-refractivity contribution in [3.63, 3.8) is 0 Å². The molecule has 184 valence electrons. The van der Waals surface area contributed by atoms with E-state index in [2.05, 4.69) is 55.9 Å². The minimum absolute atomic E-state index is 0.144. The molecule has 2 aromatic heterocycles. The molecule has 0 aliphatic carbocycles. The molecule has 1 aromatic carbocycles. The van der Waals surface area contributed by atoms with Crippen LogP contribution in [0.1, 0.15) is 53.9 Å². The van der Waals surface area contributed by atoms with E-state index in [9.17, 15) is 4.79 Å². The fraction of sp³-hybridized carbons (Fsp3) is 0.462. The second-order valence-electron chi connectivity index (χ2n) is 9.53. The van der Waals surface area contributed by atoms with E-state index in [1.165, 1.54) is 5.56 Å². The van der Waals surface area contributed by atoms with Crippen molar-refractivity contribution >= 4 is 5.91 Å². The Hall–Kier alpha value is -3.46. The maximum atomic E-state index is 12.9. The molecule has 9 heteroatoms. The van der Waals surface area contributed by atoms with Gasteiger partial charge in [-0.25, -0.2) is 0 Å². The summed E-state index contributed by atoms with van der Waals surface area (Å²) in [7, 11) is 0. The molecule has 0 bridgehead atoms. The van der Waals surface area contributed by atoms with Crippen LogP contribution >= 0.6 is 0 Å². The fourth-order valence-corrected chi connectivity index (χ4v) is 4.69. The number of aromatic nitrogens is 4. The smallest absolute Gasteiger partial charge is 0.253 e. The number of carbonyl (C=O) groups is 1. The number of nitrogens with zero attached hydrogens (tertiary/aromatic N) is 5. The number of nitrogens with one attached hydrogen (secondary N) is 1. The van der Waals surface area contributed by atoms with Crippen LogP contribution in [0.15, 0.2) is 42.7 Å². The summed E-state index contributed by atoms with van der Waals surface area (Å²) in [4.78, 5) is 19.4. The number of rotatable bonds is 7. The molecule has 1 amide bonds. The Kier molecular flexibility index (Phi) is 6.94. The number of hydrogen-bond acceptors (Lipinski definition) is 7. The highest BCUT2D eigenvalue weighted by Crippen LogP contribution is 2.31. The van der Waals surface area contributed by atoms with E-state index in [0.717, 1.165) is 62.2 Å². The standard InChI is InChI=1S/C26H32N6O3/c1-18(2)14-21(28-26(33)20-4-3-8-27-16-20)25-30-29-24-7-9-31(10-11-32(24)25)17-19-5-6-22-23(15-19)35-13-12-34-22/h3-6,8,15-16,18,21H,7,9-14,17H2,1-2H3,(H,28,33). The lowest BCUT2D eigenvalue weighted by atomic mass is 10.0. The van der Waals surface area contributed by atoms with Crippen LogP contribution in [0.5, 0.6) is 11.5 Å². The molecule has 2 aliphatic heterocycles. The summed E-state index contributed by atoms with van der Waals surface area (Å²) in [5.41, 5.74) is 1.75. The molecule has 0 fully saturated rings. The van der Waals surface area contributed by atoms with Crippen molar-refractivity contribution in [1.29, 1.82) is 0 Å². The molecular formula is C26H32N6O3. The van der Waals surface area contributed by atoms with Crippen molar-refractivity contribution in [2.24, 2.45) is 5.92 Å². The summed E-state index contributed by atoms with van der Waals surface area (Å²) >= 11 is 0. The Balaban J connectivity index is 1.29. The molecule has 0 radical (unpaired) electrons. The van der Waals surface area contributed by atoms with E-state index < -0.39 is 0 Å². The minimum atomic E-state index is -0.215. The molecule has 1 atom stereocenters. The van der Waals surface area contributed by atoms with E-state index in [1.807, 2.05) is 6.07 Å². The second kappa shape index (κ2) is 10.4. The molecule has 1 unspecified atom stereocenters. The van der Waals surface area contributed by atoms with Crippen LogP contribution in [0, 0.1) is 5.92 Å². The first-order chi connectivity index (χ1) is 17.1. The van der Waals surface area contributed by atoms with Crippen molar-refractivity contribution in [3.05, 3.63) is 65.5 Å². The summed E-state index contributed by atoms with van der Waals surface area (Å²) in [6.45, 7) is 8.86. The van der Waals surface area contributed by atoms with E-state index in [4.69, 9.17) is 9.47 Å².